The van der Waals surface area contributed by atoms with E-state index in [-0.39, 0.29) is 0 Å². The summed E-state index contributed by atoms with van der Waals surface area (Å²) in [6.45, 7) is 6.46. The SMILES string of the molecule is Bc1cnc(C)c(C(C)C)c1. The van der Waals surface area contributed by atoms with Gasteiger partial charge >= 0.3 is 0 Å². The van der Waals surface area contributed by atoms with Crippen LogP contribution in [-0.4, -0.2) is 12.8 Å². The van der Waals surface area contributed by atoms with Crippen LogP contribution in [0.4, 0.5) is 0 Å². The average molecular weight is 147 g/mol. The van der Waals surface area contributed by atoms with Crippen molar-refractivity contribution in [3.05, 3.63) is 23.5 Å². The Bertz CT molecular complexity index is 256. The molecule has 0 saturated heterocycles. The minimum Gasteiger partial charge on any atom is -0.262 e. The van der Waals surface area contributed by atoms with Gasteiger partial charge in [-0.2, -0.15) is 0 Å². The zero-order chi connectivity index (χ0) is 8.43. The molecule has 1 aromatic heterocycles. The van der Waals surface area contributed by atoms with Gasteiger partial charge in [0, 0.05) is 11.9 Å². The molecule has 0 spiro atoms. The van der Waals surface area contributed by atoms with Crippen molar-refractivity contribution in [1.82, 2.24) is 4.98 Å². The summed E-state index contributed by atoms with van der Waals surface area (Å²) in [5.41, 5.74) is 3.77. The smallest absolute Gasteiger partial charge is 0.141 e. The van der Waals surface area contributed by atoms with Crippen LogP contribution in [0.5, 0.6) is 0 Å². The third kappa shape index (κ3) is 1.82. The van der Waals surface area contributed by atoms with E-state index >= 15 is 0 Å². The van der Waals surface area contributed by atoms with E-state index in [4.69, 9.17) is 0 Å². The van der Waals surface area contributed by atoms with Crippen LogP contribution in [0, 0.1) is 6.92 Å². The first-order valence-corrected chi connectivity index (χ1v) is 4.04. The van der Waals surface area contributed by atoms with Crippen molar-refractivity contribution >= 4 is 13.3 Å². The van der Waals surface area contributed by atoms with Gasteiger partial charge in [0.05, 0.1) is 0 Å². The van der Waals surface area contributed by atoms with Gasteiger partial charge in [-0.05, 0) is 18.4 Å². The van der Waals surface area contributed by atoms with Crippen LogP contribution in [0.3, 0.4) is 0 Å². The van der Waals surface area contributed by atoms with E-state index in [2.05, 4.69) is 39.7 Å². The minimum atomic E-state index is 0.586. The summed E-state index contributed by atoms with van der Waals surface area (Å²) in [5, 5.41) is 0. The molecule has 58 valence electrons. The fraction of sp³-hybridized carbons (Fsp3) is 0.444. The molecule has 0 fully saturated rings. The molecule has 0 radical (unpaired) electrons. The molecular formula is C9H14BN. The zero-order valence-corrected chi connectivity index (χ0v) is 7.68. The molecule has 0 aliphatic carbocycles. The summed E-state index contributed by atoms with van der Waals surface area (Å²) in [6.07, 6.45) is 1.92. The lowest BCUT2D eigenvalue weighted by molar-refractivity contribution is 0.845. The Morgan fingerprint density at radius 3 is 2.55 bits per heavy atom. The van der Waals surface area contributed by atoms with Gasteiger partial charge in [0.25, 0.3) is 0 Å². The standard InChI is InChI=1S/C9H14BN/c1-6(2)9-4-8(10)5-11-7(9)3/h4-6H,10H2,1-3H3. The maximum absolute atomic E-state index is 4.30. The second kappa shape index (κ2) is 3.08. The molecule has 0 bridgehead atoms. The van der Waals surface area contributed by atoms with Crippen LogP contribution >= 0.6 is 0 Å². The van der Waals surface area contributed by atoms with E-state index in [0.29, 0.717) is 5.92 Å². The van der Waals surface area contributed by atoms with Gasteiger partial charge in [0.2, 0.25) is 0 Å². The Morgan fingerprint density at radius 2 is 2.09 bits per heavy atom. The molecular weight excluding hydrogens is 133 g/mol. The van der Waals surface area contributed by atoms with Crippen LogP contribution in [-0.2, 0) is 0 Å². The molecule has 1 heterocycles. The molecule has 2 heteroatoms. The molecule has 0 aliphatic heterocycles. The summed E-state index contributed by atoms with van der Waals surface area (Å²) in [5.74, 6) is 0.586. The maximum atomic E-state index is 4.30. The van der Waals surface area contributed by atoms with Gasteiger partial charge in [-0.3, -0.25) is 4.98 Å². The molecule has 1 rings (SSSR count). The molecule has 0 aliphatic rings. The van der Waals surface area contributed by atoms with Gasteiger partial charge in [-0.15, -0.1) is 0 Å². The molecule has 0 unspecified atom stereocenters. The Labute approximate surface area is 69.3 Å². The highest BCUT2D eigenvalue weighted by Crippen LogP contribution is 2.14. The fourth-order valence-corrected chi connectivity index (χ4v) is 1.24. The normalized spacial score (nSPS) is 10.5. The topological polar surface area (TPSA) is 12.9 Å². The molecule has 0 N–H and O–H groups in total. The third-order valence-corrected chi connectivity index (χ3v) is 1.88. The minimum absolute atomic E-state index is 0.586. The quantitative estimate of drug-likeness (QED) is 0.534. The van der Waals surface area contributed by atoms with Gasteiger partial charge < -0.3 is 0 Å². The van der Waals surface area contributed by atoms with Crippen molar-refractivity contribution in [3.8, 4) is 0 Å². The van der Waals surface area contributed by atoms with Crippen LogP contribution in [0.1, 0.15) is 31.0 Å². The van der Waals surface area contributed by atoms with Crippen molar-refractivity contribution in [3.63, 3.8) is 0 Å². The molecule has 0 amide bonds. The predicted molar refractivity (Wildman–Crippen MR) is 51.2 cm³/mol. The average Bonchev–Trinajstić information content (AvgIpc) is 1.94. The van der Waals surface area contributed by atoms with Crippen LogP contribution < -0.4 is 5.46 Å². The monoisotopic (exact) mass is 147 g/mol. The highest BCUT2D eigenvalue weighted by Gasteiger charge is 2.03. The fourth-order valence-electron chi connectivity index (χ4n) is 1.24. The Morgan fingerprint density at radius 1 is 1.45 bits per heavy atom. The van der Waals surface area contributed by atoms with Crippen molar-refractivity contribution in [2.24, 2.45) is 0 Å². The summed E-state index contributed by atoms with van der Waals surface area (Å²) in [7, 11) is 2.08. The highest BCUT2D eigenvalue weighted by molar-refractivity contribution is 6.32. The molecule has 0 aromatic carbocycles. The van der Waals surface area contributed by atoms with E-state index in [0.717, 1.165) is 5.69 Å². The van der Waals surface area contributed by atoms with E-state index in [1.165, 1.54) is 11.0 Å². The van der Waals surface area contributed by atoms with Crippen LogP contribution in [0.2, 0.25) is 0 Å². The number of hydrogen-bond acceptors (Lipinski definition) is 1. The summed E-state index contributed by atoms with van der Waals surface area (Å²) < 4.78 is 0. The Hall–Kier alpha value is -0.785. The van der Waals surface area contributed by atoms with Gasteiger partial charge in [-0.25, -0.2) is 0 Å². The largest absolute Gasteiger partial charge is 0.262 e. The van der Waals surface area contributed by atoms with E-state index in [1.54, 1.807) is 0 Å². The van der Waals surface area contributed by atoms with E-state index in [9.17, 15) is 0 Å². The van der Waals surface area contributed by atoms with Gasteiger partial charge in [0.15, 0.2) is 0 Å². The highest BCUT2D eigenvalue weighted by atomic mass is 14.7. The van der Waals surface area contributed by atoms with Crippen LogP contribution in [0.15, 0.2) is 12.3 Å². The van der Waals surface area contributed by atoms with Gasteiger partial charge in [-0.1, -0.05) is 25.4 Å². The lowest BCUT2D eigenvalue weighted by atomic mass is 9.92. The number of aryl methyl sites for hydroxylation is 1. The zero-order valence-electron chi connectivity index (χ0n) is 7.68. The van der Waals surface area contributed by atoms with Crippen molar-refractivity contribution in [2.75, 3.05) is 0 Å². The number of rotatable bonds is 1. The van der Waals surface area contributed by atoms with Crippen molar-refractivity contribution in [2.45, 2.75) is 26.7 Å². The summed E-state index contributed by atoms with van der Waals surface area (Å²) in [4.78, 5) is 4.30. The number of pyridine rings is 1. The van der Waals surface area contributed by atoms with Gasteiger partial charge in [0.1, 0.15) is 7.85 Å². The lowest BCUT2D eigenvalue weighted by Crippen LogP contribution is -2.07. The van der Waals surface area contributed by atoms with E-state index < -0.39 is 0 Å². The number of aromatic nitrogens is 1. The molecule has 0 atom stereocenters. The van der Waals surface area contributed by atoms with Crippen molar-refractivity contribution in [1.29, 1.82) is 0 Å². The predicted octanol–water partition coefficient (Wildman–Crippen LogP) is 0.772. The number of hydrogen-bond donors (Lipinski definition) is 0. The van der Waals surface area contributed by atoms with E-state index in [1.807, 2.05) is 6.20 Å². The second-order valence-electron chi connectivity index (χ2n) is 3.34. The maximum Gasteiger partial charge on any atom is 0.141 e. The summed E-state index contributed by atoms with van der Waals surface area (Å²) >= 11 is 0. The first-order valence-electron chi connectivity index (χ1n) is 4.04. The first-order chi connectivity index (χ1) is 5.11. The Kier molecular flexibility index (Phi) is 2.33. The second-order valence-corrected chi connectivity index (χ2v) is 3.34. The molecule has 0 saturated carbocycles. The lowest BCUT2D eigenvalue weighted by Gasteiger charge is -2.08. The molecule has 11 heavy (non-hydrogen) atoms. The first kappa shape index (κ1) is 8.31. The summed E-state index contributed by atoms with van der Waals surface area (Å²) in [6, 6.07) is 2.22. The molecule has 1 aromatic rings. The Balaban J connectivity index is 3.13. The number of nitrogens with zero attached hydrogens (tertiary/aromatic N) is 1. The van der Waals surface area contributed by atoms with Crippen LogP contribution in [0.25, 0.3) is 0 Å². The molecule has 1 nitrogen and oxygen atoms in total. The third-order valence-electron chi connectivity index (χ3n) is 1.88. The van der Waals surface area contributed by atoms with Crippen molar-refractivity contribution < 1.29 is 0 Å².